The van der Waals surface area contributed by atoms with E-state index in [-0.39, 0.29) is 0 Å². The first-order chi connectivity index (χ1) is 9.08. The molecule has 98 valence electrons. The van der Waals surface area contributed by atoms with Crippen LogP contribution in [-0.2, 0) is 6.61 Å². The molecule has 0 saturated heterocycles. The van der Waals surface area contributed by atoms with Crippen LogP contribution in [-0.4, -0.2) is 10.9 Å². The maximum atomic E-state index is 11.1. The van der Waals surface area contributed by atoms with Gasteiger partial charge in [0.25, 0.3) is 0 Å². The lowest BCUT2D eigenvalue weighted by atomic mass is 10.1. The van der Waals surface area contributed by atoms with Crippen molar-refractivity contribution in [2.45, 2.75) is 13.5 Å². The van der Waals surface area contributed by atoms with Crippen LogP contribution in [0.15, 0.2) is 36.5 Å². The van der Waals surface area contributed by atoms with Crippen molar-refractivity contribution in [3.63, 3.8) is 0 Å². The molecule has 0 radical (unpaired) electrons. The number of nitrogens with two attached hydrogens (primary N) is 2. The van der Waals surface area contributed by atoms with E-state index in [0.717, 1.165) is 11.1 Å². The van der Waals surface area contributed by atoms with Gasteiger partial charge in [0.1, 0.15) is 6.61 Å². The van der Waals surface area contributed by atoms with Crippen molar-refractivity contribution in [1.82, 2.24) is 4.98 Å². The number of anilines is 1. The molecule has 2 aromatic rings. The van der Waals surface area contributed by atoms with E-state index in [2.05, 4.69) is 4.98 Å². The topological polar surface area (TPSA) is 91.2 Å². The van der Waals surface area contributed by atoms with E-state index in [1.807, 2.05) is 13.0 Å². The summed E-state index contributed by atoms with van der Waals surface area (Å²) >= 11 is 0. The van der Waals surface area contributed by atoms with E-state index in [1.165, 1.54) is 0 Å². The van der Waals surface area contributed by atoms with Crippen LogP contribution in [0.25, 0.3) is 0 Å². The number of hydrogen-bond acceptors (Lipinski definition) is 4. The number of carbonyl (C=O) groups is 1. The predicted octanol–water partition coefficient (Wildman–Crippen LogP) is 1.65. The number of benzene rings is 1. The van der Waals surface area contributed by atoms with Crippen molar-refractivity contribution in [1.29, 1.82) is 0 Å². The largest absolute Gasteiger partial charge is 0.485 e. The highest BCUT2D eigenvalue weighted by Gasteiger charge is 2.06. The highest BCUT2D eigenvalue weighted by atomic mass is 16.5. The number of nitrogens with zero attached hydrogens (tertiary/aromatic N) is 1. The lowest BCUT2D eigenvalue weighted by Crippen LogP contribution is -2.11. The Hall–Kier alpha value is -2.56. The molecule has 2 rings (SSSR count). The molecule has 5 nitrogen and oxygen atoms in total. The first-order valence-electron chi connectivity index (χ1n) is 5.80. The Morgan fingerprint density at radius 1 is 1.37 bits per heavy atom. The molecular formula is C14H15N3O2. The van der Waals surface area contributed by atoms with E-state index >= 15 is 0 Å². The highest BCUT2D eigenvalue weighted by molar-refractivity contribution is 5.93. The number of pyridine rings is 1. The first-order valence-corrected chi connectivity index (χ1v) is 5.80. The Kier molecular flexibility index (Phi) is 3.66. The minimum absolute atomic E-state index is 0.355. The lowest BCUT2D eigenvalue weighted by Gasteiger charge is -2.10. The summed E-state index contributed by atoms with van der Waals surface area (Å²) in [7, 11) is 0. The van der Waals surface area contributed by atoms with Gasteiger partial charge in [-0.05, 0) is 42.3 Å². The van der Waals surface area contributed by atoms with Crippen molar-refractivity contribution in [2.24, 2.45) is 5.73 Å². The van der Waals surface area contributed by atoms with Gasteiger partial charge in [0, 0.05) is 11.8 Å². The van der Waals surface area contributed by atoms with Crippen molar-refractivity contribution < 1.29 is 9.53 Å². The van der Waals surface area contributed by atoms with Gasteiger partial charge in [0.05, 0.1) is 0 Å². The van der Waals surface area contributed by atoms with Gasteiger partial charge < -0.3 is 16.2 Å². The van der Waals surface area contributed by atoms with Crippen molar-refractivity contribution >= 4 is 11.7 Å². The number of nitrogen functional groups attached to an aromatic ring is 1. The fourth-order valence-electron chi connectivity index (χ4n) is 1.69. The predicted molar refractivity (Wildman–Crippen MR) is 72.7 cm³/mol. The molecule has 0 saturated carbocycles. The van der Waals surface area contributed by atoms with E-state index in [0.29, 0.717) is 23.7 Å². The normalized spacial score (nSPS) is 10.2. The molecule has 0 spiro atoms. The second-order valence-corrected chi connectivity index (χ2v) is 4.18. The summed E-state index contributed by atoms with van der Waals surface area (Å²) in [6.45, 7) is 2.26. The number of rotatable bonds is 4. The van der Waals surface area contributed by atoms with Crippen molar-refractivity contribution in [3.8, 4) is 5.75 Å². The van der Waals surface area contributed by atoms with E-state index in [9.17, 15) is 4.79 Å². The third kappa shape index (κ3) is 3.01. The van der Waals surface area contributed by atoms with Crippen LogP contribution < -0.4 is 16.2 Å². The number of carbonyl (C=O) groups excluding carboxylic acids is 1. The van der Waals surface area contributed by atoms with Crippen LogP contribution >= 0.6 is 0 Å². The molecule has 19 heavy (non-hydrogen) atoms. The standard InChI is InChI=1S/C14H15N3O2/c1-9-7-10(14(16)18)4-5-11(9)8-19-12-3-2-6-17-13(12)15/h2-7H,8H2,1H3,(H2,15,17)(H2,16,18). The Bertz CT molecular complexity index is 611. The molecular weight excluding hydrogens is 242 g/mol. The molecule has 4 N–H and O–H groups in total. The summed E-state index contributed by atoms with van der Waals surface area (Å²) in [4.78, 5) is 15.0. The summed E-state index contributed by atoms with van der Waals surface area (Å²) in [5.74, 6) is 0.460. The van der Waals surface area contributed by atoms with Crippen LogP contribution in [0, 0.1) is 6.92 Å². The van der Waals surface area contributed by atoms with Gasteiger partial charge in [0.15, 0.2) is 11.6 Å². The number of primary amides is 1. The van der Waals surface area contributed by atoms with Crippen molar-refractivity contribution in [2.75, 3.05) is 5.73 Å². The van der Waals surface area contributed by atoms with Crippen molar-refractivity contribution in [3.05, 3.63) is 53.2 Å². The van der Waals surface area contributed by atoms with Gasteiger partial charge in [0.2, 0.25) is 5.91 Å². The molecule has 0 bridgehead atoms. The maximum Gasteiger partial charge on any atom is 0.248 e. The molecule has 1 aromatic carbocycles. The van der Waals surface area contributed by atoms with Gasteiger partial charge in [-0.15, -0.1) is 0 Å². The average molecular weight is 257 g/mol. The Morgan fingerprint density at radius 3 is 2.79 bits per heavy atom. The third-order valence-corrected chi connectivity index (χ3v) is 2.81. The number of hydrogen-bond donors (Lipinski definition) is 2. The SMILES string of the molecule is Cc1cc(C(N)=O)ccc1COc1cccnc1N. The van der Waals surface area contributed by atoms with E-state index in [1.54, 1.807) is 30.5 Å². The van der Waals surface area contributed by atoms with Crippen LogP contribution in [0.5, 0.6) is 5.75 Å². The lowest BCUT2D eigenvalue weighted by molar-refractivity contribution is 0.1000. The zero-order valence-electron chi connectivity index (χ0n) is 10.6. The third-order valence-electron chi connectivity index (χ3n) is 2.81. The number of ether oxygens (including phenoxy) is 1. The zero-order chi connectivity index (χ0) is 13.8. The van der Waals surface area contributed by atoms with Crippen LogP contribution in [0.2, 0.25) is 0 Å². The molecule has 0 fully saturated rings. The van der Waals surface area contributed by atoms with E-state index in [4.69, 9.17) is 16.2 Å². The summed E-state index contributed by atoms with van der Waals surface area (Å²) in [5, 5.41) is 0. The van der Waals surface area contributed by atoms with E-state index < -0.39 is 5.91 Å². The quantitative estimate of drug-likeness (QED) is 0.871. The van der Waals surface area contributed by atoms with Gasteiger partial charge in [-0.2, -0.15) is 0 Å². The molecule has 0 unspecified atom stereocenters. The molecule has 0 aliphatic carbocycles. The Balaban J connectivity index is 2.12. The fraction of sp³-hybridized carbons (Fsp3) is 0.143. The summed E-state index contributed by atoms with van der Waals surface area (Å²) in [5.41, 5.74) is 13.3. The summed E-state index contributed by atoms with van der Waals surface area (Å²) in [6.07, 6.45) is 1.61. The molecule has 5 heteroatoms. The summed E-state index contributed by atoms with van der Waals surface area (Å²) in [6, 6.07) is 8.76. The fourth-order valence-corrected chi connectivity index (χ4v) is 1.69. The summed E-state index contributed by atoms with van der Waals surface area (Å²) < 4.78 is 5.60. The van der Waals surface area contributed by atoms with Gasteiger partial charge in [-0.1, -0.05) is 6.07 Å². The minimum Gasteiger partial charge on any atom is -0.485 e. The Morgan fingerprint density at radius 2 is 2.16 bits per heavy atom. The number of amides is 1. The second kappa shape index (κ2) is 5.39. The molecule has 0 aliphatic heterocycles. The van der Waals surface area contributed by atoms with Crippen LogP contribution in [0.1, 0.15) is 21.5 Å². The first kappa shape index (κ1) is 12.9. The van der Waals surface area contributed by atoms with Crippen LogP contribution in [0.4, 0.5) is 5.82 Å². The minimum atomic E-state index is -0.438. The molecule has 1 amide bonds. The Labute approximate surface area is 111 Å². The molecule has 0 aliphatic rings. The molecule has 1 aromatic heterocycles. The molecule has 0 atom stereocenters. The second-order valence-electron chi connectivity index (χ2n) is 4.18. The smallest absolute Gasteiger partial charge is 0.248 e. The van der Waals surface area contributed by atoms with Gasteiger partial charge in [-0.3, -0.25) is 4.79 Å². The zero-order valence-corrected chi connectivity index (χ0v) is 10.6. The number of aryl methyl sites for hydroxylation is 1. The average Bonchev–Trinajstić information content (AvgIpc) is 2.39. The monoisotopic (exact) mass is 257 g/mol. The van der Waals surface area contributed by atoms with Gasteiger partial charge in [-0.25, -0.2) is 4.98 Å². The highest BCUT2D eigenvalue weighted by Crippen LogP contribution is 2.20. The molecule has 1 heterocycles. The maximum absolute atomic E-state index is 11.1. The van der Waals surface area contributed by atoms with Gasteiger partial charge >= 0.3 is 0 Å². The van der Waals surface area contributed by atoms with Crippen LogP contribution in [0.3, 0.4) is 0 Å². The number of aromatic nitrogens is 1.